The maximum atomic E-state index is 5.88. The first-order valence-corrected chi connectivity index (χ1v) is 10.3. The lowest BCUT2D eigenvalue weighted by Crippen LogP contribution is -2.44. The number of aromatic nitrogens is 5. The molecule has 0 aromatic carbocycles. The topological polar surface area (TPSA) is 112 Å². The van der Waals surface area contributed by atoms with E-state index in [0.29, 0.717) is 12.4 Å². The Labute approximate surface area is 180 Å². The standard InChI is InChI=1S/C22H25N9/c1-30-7-9-31(10-8-30)19-4-2-3-16(29-19)12-25-21-20-17(13-26-22(20)28-14-27-21)15-5-6-24-18(23)11-15/h2-6,11,13-14H,7-10,12H2,1H3,(H2,23,24)(H2,25,26,27,28). The normalized spacial score (nSPS) is 14.8. The van der Waals surface area contributed by atoms with Gasteiger partial charge in [-0.3, -0.25) is 0 Å². The maximum absolute atomic E-state index is 5.88. The summed E-state index contributed by atoms with van der Waals surface area (Å²) < 4.78 is 0. The van der Waals surface area contributed by atoms with E-state index >= 15 is 0 Å². The summed E-state index contributed by atoms with van der Waals surface area (Å²) in [5.74, 6) is 2.25. The molecule has 5 rings (SSSR count). The van der Waals surface area contributed by atoms with Crippen LogP contribution in [0.25, 0.3) is 22.2 Å². The van der Waals surface area contributed by atoms with Crippen molar-refractivity contribution in [2.75, 3.05) is 49.2 Å². The Morgan fingerprint density at radius 2 is 1.97 bits per heavy atom. The molecule has 0 saturated carbocycles. The maximum Gasteiger partial charge on any atom is 0.143 e. The molecule has 0 bridgehead atoms. The number of anilines is 3. The van der Waals surface area contributed by atoms with Gasteiger partial charge in [-0.15, -0.1) is 0 Å². The fourth-order valence-corrected chi connectivity index (χ4v) is 3.89. The van der Waals surface area contributed by atoms with Crippen LogP contribution in [-0.2, 0) is 6.54 Å². The van der Waals surface area contributed by atoms with Gasteiger partial charge < -0.3 is 25.8 Å². The molecule has 0 amide bonds. The lowest BCUT2D eigenvalue weighted by molar-refractivity contribution is 0.312. The Kier molecular flexibility index (Phi) is 5.09. The smallest absolute Gasteiger partial charge is 0.143 e. The molecule has 1 aliphatic rings. The van der Waals surface area contributed by atoms with Gasteiger partial charge in [-0.05, 0) is 36.9 Å². The molecule has 0 unspecified atom stereocenters. The van der Waals surface area contributed by atoms with Crippen LogP contribution in [0.4, 0.5) is 17.5 Å². The van der Waals surface area contributed by atoms with Crippen LogP contribution in [-0.4, -0.2) is 63.0 Å². The summed E-state index contributed by atoms with van der Waals surface area (Å²) >= 11 is 0. The molecule has 4 aromatic heterocycles. The van der Waals surface area contributed by atoms with Crippen LogP contribution in [0.3, 0.4) is 0 Å². The number of aromatic amines is 1. The fraction of sp³-hybridized carbons (Fsp3) is 0.273. The Balaban J connectivity index is 1.39. The lowest BCUT2D eigenvalue weighted by Gasteiger charge is -2.33. The number of H-pyrrole nitrogens is 1. The predicted molar refractivity (Wildman–Crippen MR) is 123 cm³/mol. The van der Waals surface area contributed by atoms with Crippen molar-refractivity contribution in [3.63, 3.8) is 0 Å². The number of nitrogens with two attached hydrogens (primary N) is 1. The second-order valence-electron chi connectivity index (χ2n) is 7.75. The SMILES string of the molecule is CN1CCN(c2cccc(CNc3ncnc4[nH]cc(-c5ccnc(N)c5)c34)n2)CC1. The van der Waals surface area contributed by atoms with E-state index in [1.807, 2.05) is 24.4 Å². The van der Waals surface area contributed by atoms with E-state index in [2.05, 4.69) is 54.2 Å². The molecular formula is C22H25N9. The molecule has 1 fully saturated rings. The van der Waals surface area contributed by atoms with E-state index in [9.17, 15) is 0 Å². The van der Waals surface area contributed by atoms with Gasteiger partial charge >= 0.3 is 0 Å². The van der Waals surface area contributed by atoms with Crippen molar-refractivity contribution in [2.24, 2.45) is 0 Å². The van der Waals surface area contributed by atoms with E-state index < -0.39 is 0 Å². The van der Waals surface area contributed by atoms with Crippen LogP contribution < -0.4 is 16.0 Å². The summed E-state index contributed by atoms with van der Waals surface area (Å²) in [4.78, 5) is 25.7. The van der Waals surface area contributed by atoms with Gasteiger partial charge in [0.2, 0.25) is 0 Å². The Morgan fingerprint density at radius 3 is 2.81 bits per heavy atom. The number of nitrogens with one attached hydrogen (secondary N) is 2. The van der Waals surface area contributed by atoms with Crippen LogP contribution in [0, 0.1) is 0 Å². The summed E-state index contributed by atoms with van der Waals surface area (Å²) in [6.45, 7) is 4.66. The van der Waals surface area contributed by atoms with Crippen molar-refractivity contribution < 1.29 is 0 Å². The second kappa shape index (κ2) is 8.19. The third-order valence-electron chi connectivity index (χ3n) is 5.62. The molecule has 4 N–H and O–H groups in total. The van der Waals surface area contributed by atoms with Gasteiger partial charge in [-0.1, -0.05) is 6.07 Å². The molecule has 0 aliphatic carbocycles. The number of nitrogens with zero attached hydrogens (tertiary/aromatic N) is 6. The molecule has 0 radical (unpaired) electrons. The average molecular weight is 416 g/mol. The van der Waals surface area contributed by atoms with Crippen molar-refractivity contribution in [1.29, 1.82) is 0 Å². The van der Waals surface area contributed by atoms with E-state index in [-0.39, 0.29) is 0 Å². The molecule has 5 heterocycles. The monoisotopic (exact) mass is 415 g/mol. The molecule has 1 saturated heterocycles. The molecule has 9 heteroatoms. The Bertz CT molecular complexity index is 1190. The van der Waals surface area contributed by atoms with Gasteiger partial charge in [0, 0.05) is 44.1 Å². The van der Waals surface area contributed by atoms with Crippen LogP contribution >= 0.6 is 0 Å². The van der Waals surface area contributed by atoms with Crippen LogP contribution in [0.5, 0.6) is 0 Å². The third-order valence-corrected chi connectivity index (χ3v) is 5.62. The second-order valence-corrected chi connectivity index (χ2v) is 7.75. The quantitative estimate of drug-likeness (QED) is 0.455. The summed E-state index contributed by atoms with van der Waals surface area (Å²) in [6, 6.07) is 9.95. The number of piperazine rings is 1. The zero-order valence-electron chi connectivity index (χ0n) is 17.4. The number of rotatable bonds is 5. The largest absolute Gasteiger partial charge is 0.384 e. The average Bonchev–Trinajstić information content (AvgIpc) is 3.23. The zero-order valence-corrected chi connectivity index (χ0v) is 17.4. The first-order valence-electron chi connectivity index (χ1n) is 10.3. The lowest BCUT2D eigenvalue weighted by atomic mass is 10.1. The summed E-state index contributed by atoms with van der Waals surface area (Å²) in [5, 5.41) is 4.36. The van der Waals surface area contributed by atoms with Crippen LogP contribution in [0.15, 0.2) is 49.1 Å². The van der Waals surface area contributed by atoms with Gasteiger partial charge in [0.05, 0.1) is 17.6 Å². The molecule has 31 heavy (non-hydrogen) atoms. The van der Waals surface area contributed by atoms with E-state index in [0.717, 1.165) is 65.7 Å². The zero-order chi connectivity index (χ0) is 21.2. The highest BCUT2D eigenvalue weighted by Crippen LogP contribution is 2.32. The fourth-order valence-electron chi connectivity index (χ4n) is 3.89. The number of likely N-dealkylation sites (N-methyl/N-ethyl adjacent to an activating group) is 1. The number of fused-ring (bicyclic) bond motifs is 1. The first kappa shape index (κ1) is 19.3. The Hall–Kier alpha value is -3.72. The molecule has 158 valence electrons. The van der Waals surface area contributed by atoms with Crippen molar-refractivity contribution in [1.82, 2.24) is 29.8 Å². The minimum absolute atomic E-state index is 0.475. The van der Waals surface area contributed by atoms with E-state index in [1.54, 1.807) is 12.5 Å². The highest BCUT2D eigenvalue weighted by Gasteiger charge is 2.16. The molecule has 0 atom stereocenters. The van der Waals surface area contributed by atoms with Crippen molar-refractivity contribution in [2.45, 2.75) is 6.54 Å². The summed E-state index contributed by atoms with van der Waals surface area (Å²) in [7, 11) is 2.16. The van der Waals surface area contributed by atoms with Crippen molar-refractivity contribution in [3.8, 4) is 11.1 Å². The summed E-state index contributed by atoms with van der Waals surface area (Å²) in [6.07, 6.45) is 5.18. The number of pyridine rings is 2. The van der Waals surface area contributed by atoms with Crippen molar-refractivity contribution >= 4 is 28.5 Å². The molecule has 0 spiro atoms. The van der Waals surface area contributed by atoms with Crippen molar-refractivity contribution in [3.05, 3.63) is 54.7 Å². The first-order chi connectivity index (χ1) is 15.2. The molecule has 4 aromatic rings. The molecular weight excluding hydrogens is 390 g/mol. The van der Waals surface area contributed by atoms with Gasteiger partial charge in [0.1, 0.15) is 29.4 Å². The Morgan fingerprint density at radius 1 is 1.10 bits per heavy atom. The number of nitrogen functional groups attached to an aromatic ring is 1. The summed E-state index contributed by atoms with van der Waals surface area (Å²) in [5.41, 5.74) is 9.56. The van der Waals surface area contributed by atoms with E-state index in [4.69, 9.17) is 10.7 Å². The minimum atomic E-state index is 0.475. The molecule has 1 aliphatic heterocycles. The predicted octanol–water partition coefficient (Wildman–Crippen LogP) is 2.36. The van der Waals surface area contributed by atoms with Gasteiger partial charge in [0.25, 0.3) is 0 Å². The van der Waals surface area contributed by atoms with Gasteiger partial charge in [-0.25, -0.2) is 19.9 Å². The number of hydrogen-bond acceptors (Lipinski definition) is 8. The highest BCUT2D eigenvalue weighted by molar-refractivity contribution is 6.01. The number of hydrogen-bond donors (Lipinski definition) is 3. The van der Waals surface area contributed by atoms with Gasteiger partial charge in [-0.2, -0.15) is 0 Å². The van der Waals surface area contributed by atoms with Crippen LogP contribution in [0.2, 0.25) is 0 Å². The minimum Gasteiger partial charge on any atom is -0.384 e. The van der Waals surface area contributed by atoms with Gasteiger partial charge in [0.15, 0.2) is 0 Å². The van der Waals surface area contributed by atoms with E-state index in [1.165, 1.54) is 0 Å². The molecule has 9 nitrogen and oxygen atoms in total. The van der Waals surface area contributed by atoms with Crippen LogP contribution in [0.1, 0.15) is 5.69 Å². The third kappa shape index (κ3) is 3.99. The highest BCUT2D eigenvalue weighted by atomic mass is 15.3.